The zero-order chi connectivity index (χ0) is 29.4. The molecule has 1 amide bonds. The lowest BCUT2D eigenvalue weighted by molar-refractivity contribution is 0.0675. The molecule has 1 spiro atoms. The van der Waals surface area contributed by atoms with Crippen molar-refractivity contribution < 1.29 is 9.53 Å². The number of hydrazone groups is 1. The van der Waals surface area contributed by atoms with Crippen LogP contribution in [0.15, 0.2) is 90.0 Å². The maximum absolute atomic E-state index is 14.3. The Morgan fingerprint density at radius 3 is 1.86 bits per heavy atom. The van der Waals surface area contributed by atoms with Gasteiger partial charge < -0.3 is 14.5 Å². The van der Waals surface area contributed by atoms with Crippen molar-refractivity contribution in [2.24, 2.45) is 5.10 Å². The number of aryl methyl sites for hydroxylation is 1. The van der Waals surface area contributed by atoms with Gasteiger partial charge >= 0.3 is 0 Å². The van der Waals surface area contributed by atoms with Gasteiger partial charge in [-0.1, -0.05) is 54.6 Å². The summed E-state index contributed by atoms with van der Waals surface area (Å²) in [4.78, 5) is 18.9. The van der Waals surface area contributed by atoms with Crippen LogP contribution >= 0.6 is 0 Å². The van der Waals surface area contributed by atoms with E-state index >= 15 is 0 Å². The van der Waals surface area contributed by atoms with E-state index in [0.29, 0.717) is 5.56 Å². The summed E-state index contributed by atoms with van der Waals surface area (Å²) in [7, 11) is 0. The molecule has 2 aliphatic heterocycles. The molecule has 6 rings (SSSR count). The third-order valence-electron chi connectivity index (χ3n) is 8.75. The van der Waals surface area contributed by atoms with E-state index in [-0.39, 0.29) is 5.91 Å². The summed E-state index contributed by atoms with van der Waals surface area (Å²) < 4.78 is 6.76. The van der Waals surface area contributed by atoms with Crippen molar-refractivity contribution >= 4 is 23.5 Å². The SMILES string of the molecule is CCN(CC)c1ccc2c(c1)Oc1cc(N(CC)CC)ccc1C21c2ccccc2C(=O)N1/N=C/c1ccccc1C. The molecule has 0 N–H and O–H groups in total. The van der Waals surface area contributed by atoms with Gasteiger partial charge in [-0.05, 0) is 63.9 Å². The van der Waals surface area contributed by atoms with E-state index in [1.54, 1.807) is 5.01 Å². The summed E-state index contributed by atoms with van der Waals surface area (Å²) in [5.41, 5.74) is 6.63. The van der Waals surface area contributed by atoms with E-state index in [1.807, 2.05) is 42.6 Å². The van der Waals surface area contributed by atoms with Gasteiger partial charge in [0, 0.05) is 71.9 Å². The lowest BCUT2D eigenvalue weighted by Crippen LogP contribution is -2.44. The molecule has 0 radical (unpaired) electrons. The van der Waals surface area contributed by atoms with Gasteiger partial charge in [-0.25, -0.2) is 5.01 Å². The average Bonchev–Trinajstić information content (AvgIpc) is 3.26. The molecule has 0 atom stereocenters. The molecule has 0 aromatic heterocycles. The summed E-state index contributed by atoms with van der Waals surface area (Å²) in [6, 6.07) is 28.7. The van der Waals surface area contributed by atoms with Crippen molar-refractivity contribution in [1.29, 1.82) is 0 Å². The third-order valence-corrected chi connectivity index (χ3v) is 8.75. The summed E-state index contributed by atoms with van der Waals surface area (Å²) >= 11 is 0. The normalized spacial score (nSPS) is 14.5. The number of carbonyl (C=O) groups is 1. The third kappa shape index (κ3) is 4.16. The van der Waals surface area contributed by atoms with Crippen molar-refractivity contribution in [3.05, 3.63) is 118 Å². The fourth-order valence-electron chi connectivity index (χ4n) is 6.50. The van der Waals surface area contributed by atoms with Gasteiger partial charge in [-0.15, -0.1) is 0 Å². The molecule has 0 unspecified atom stereocenters. The number of ether oxygens (including phenoxy) is 1. The molecule has 0 bridgehead atoms. The first-order valence-corrected chi connectivity index (χ1v) is 15.0. The molecule has 0 aliphatic carbocycles. The Hall–Kier alpha value is -4.58. The standard InChI is InChI=1S/C36H38N4O2/c1-6-38(7-2)27-18-20-31-33(22-27)42-34-23-28(39(8-3)9-4)19-21-32(34)36(31)30-17-13-12-16-29(30)35(41)40(36)37-24-26-15-11-10-14-25(26)5/h10-24H,6-9H2,1-5H3/b37-24+. The van der Waals surface area contributed by atoms with Gasteiger partial charge in [-0.3, -0.25) is 4.79 Å². The highest BCUT2D eigenvalue weighted by molar-refractivity contribution is 6.03. The summed E-state index contributed by atoms with van der Waals surface area (Å²) in [6.07, 6.45) is 1.81. The minimum Gasteiger partial charge on any atom is -0.456 e. The number of benzene rings is 4. The van der Waals surface area contributed by atoms with Crippen LogP contribution in [0.3, 0.4) is 0 Å². The first kappa shape index (κ1) is 27.6. The average molecular weight is 559 g/mol. The molecule has 42 heavy (non-hydrogen) atoms. The van der Waals surface area contributed by atoms with Gasteiger partial charge in [0.2, 0.25) is 0 Å². The van der Waals surface area contributed by atoms with Gasteiger partial charge in [-0.2, -0.15) is 5.10 Å². The van der Waals surface area contributed by atoms with Crippen LogP contribution in [0, 0.1) is 6.92 Å². The summed E-state index contributed by atoms with van der Waals surface area (Å²) in [5.74, 6) is 1.35. The van der Waals surface area contributed by atoms with E-state index in [2.05, 4.69) is 92.9 Å². The molecule has 0 fully saturated rings. The molecule has 6 nitrogen and oxygen atoms in total. The lowest BCUT2D eigenvalue weighted by Gasteiger charge is -2.42. The molecule has 4 aromatic rings. The number of rotatable bonds is 8. The number of anilines is 2. The highest BCUT2D eigenvalue weighted by Gasteiger charge is 2.57. The first-order chi connectivity index (χ1) is 20.5. The molecule has 0 saturated carbocycles. The van der Waals surface area contributed by atoms with Crippen LogP contribution in [0.4, 0.5) is 11.4 Å². The number of hydrogen-bond donors (Lipinski definition) is 0. The smallest absolute Gasteiger partial charge is 0.275 e. The minimum absolute atomic E-state index is 0.130. The number of fused-ring (bicyclic) bond motifs is 6. The predicted molar refractivity (Wildman–Crippen MR) is 171 cm³/mol. The van der Waals surface area contributed by atoms with Crippen LogP contribution in [0.1, 0.15) is 65.9 Å². The molecular formula is C36H38N4O2. The van der Waals surface area contributed by atoms with Crippen LogP contribution in [0.25, 0.3) is 0 Å². The van der Waals surface area contributed by atoms with Crippen molar-refractivity contribution in [3.63, 3.8) is 0 Å². The summed E-state index contributed by atoms with van der Waals surface area (Å²) in [6.45, 7) is 14.2. The zero-order valence-corrected chi connectivity index (χ0v) is 25.1. The molecule has 6 heteroatoms. The largest absolute Gasteiger partial charge is 0.456 e. The second kappa shape index (κ2) is 11.0. The van der Waals surface area contributed by atoms with Crippen LogP contribution < -0.4 is 14.5 Å². The Labute approximate surface area is 248 Å². The van der Waals surface area contributed by atoms with E-state index in [0.717, 1.165) is 76.9 Å². The highest BCUT2D eigenvalue weighted by Crippen LogP contribution is 2.58. The predicted octanol–water partition coefficient (Wildman–Crippen LogP) is 7.57. The van der Waals surface area contributed by atoms with Crippen molar-refractivity contribution in [2.75, 3.05) is 36.0 Å². The van der Waals surface area contributed by atoms with Crippen LogP contribution in [-0.2, 0) is 5.54 Å². The quantitative estimate of drug-likeness (QED) is 0.209. The highest BCUT2D eigenvalue weighted by atomic mass is 16.5. The Kier molecular flexibility index (Phi) is 7.23. The van der Waals surface area contributed by atoms with Crippen LogP contribution in [-0.4, -0.2) is 43.3 Å². The Morgan fingerprint density at radius 1 is 0.738 bits per heavy atom. The van der Waals surface area contributed by atoms with Gasteiger partial charge in [0.15, 0.2) is 0 Å². The van der Waals surface area contributed by atoms with E-state index in [9.17, 15) is 4.79 Å². The number of nitrogens with zero attached hydrogens (tertiary/aromatic N) is 4. The maximum atomic E-state index is 14.3. The monoisotopic (exact) mass is 558 g/mol. The van der Waals surface area contributed by atoms with Crippen molar-refractivity contribution in [2.45, 2.75) is 40.2 Å². The molecule has 0 saturated heterocycles. The first-order valence-electron chi connectivity index (χ1n) is 15.0. The van der Waals surface area contributed by atoms with Crippen LogP contribution in [0.5, 0.6) is 11.5 Å². The van der Waals surface area contributed by atoms with Gasteiger partial charge in [0.1, 0.15) is 17.0 Å². The van der Waals surface area contributed by atoms with Crippen LogP contribution in [0.2, 0.25) is 0 Å². The van der Waals surface area contributed by atoms with Crippen molar-refractivity contribution in [3.8, 4) is 11.5 Å². The summed E-state index contributed by atoms with van der Waals surface area (Å²) in [5, 5.41) is 6.67. The molecular weight excluding hydrogens is 520 g/mol. The second-order valence-corrected chi connectivity index (χ2v) is 10.8. The van der Waals surface area contributed by atoms with Crippen molar-refractivity contribution in [1.82, 2.24) is 5.01 Å². The fraction of sp³-hybridized carbons (Fsp3) is 0.278. The Morgan fingerprint density at radius 2 is 1.29 bits per heavy atom. The number of amides is 1. The van der Waals surface area contributed by atoms with E-state index in [4.69, 9.17) is 9.84 Å². The van der Waals surface area contributed by atoms with E-state index < -0.39 is 5.54 Å². The molecule has 2 heterocycles. The zero-order valence-electron chi connectivity index (χ0n) is 25.1. The Bertz CT molecular complexity index is 1610. The second-order valence-electron chi connectivity index (χ2n) is 10.8. The topological polar surface area (TPSA) is 48.4 Å². The number of carbonyl (C=O) groups excluding carboxylic acids is 1. The maximum Gasteiger partial charge on any atom is 0.275 e. The van der Waals surface area contributed by atoms with Gasteiger partial charge in [0.05, 0.1) is 6.21 Å². The molecule has 4 aromatic carbocycles. The van der Waals surface area contributed by atoms with E-state index in [1.165, 1.54) is 0 Å². The Balaban J connectivity index is 1.65. The van der Waals surface area contributed by atoms with Gasteiger partial charge in [0.25, 0.3) is 5.91 Å². The minimum atomic E-state index is -0.987. The molecule has 2 aliphatic rings. The molecule has 214 valence electrons. The number of hydrogen-bond acceptors (Lipinski definition) is 5. The lowest BCUT2D eigenvalue weighted by atomic mass is 9.75. The fourth-order valence-corrected chi connectivity index (χ4v) is 6.50.